The van der Waals surface area contributed by atoms with Crippen LogP contribution in [-0.4, -0.2) is 39.5 Å². The summed E-state index contributed by atoms with van der Waals surface area (Å²) in [6.45, 7) is 0.503. The highest BCUT2D eigenvalue weighted by Crippen LogP contribution is 2.29. The molecule has 29 heavy (non-hydrogen) atoms. The number of aromatic hydroxyl groups is 1. The average Bonchev–Trinajstić information content (AvgIpc) is 2.91. The number of aromatic nitrogens is 1. The van der Waals surface area contributed by atoms with Crippen LogP contribution >= 0.6 is 0 Å². The minimum atomic E-state index is -0.977. The molecule has 0 fully saturated rings. The number of nitrogens with zero attached hydrogens (tertiary/aromatic N) is 2. The number of fused-ring (bicyclic) bond motifs is 4. The van der Waals surface area contributed by atoms with Crippen LogP contribution in [0.3, 0.4) is 0 Å². The Morgan fingerprint density at radius 3 is 2.79 bits per heavy atom. The van der Waals surface area contributed by atoms with E-state index in [9.17, 15) is 28.3 Å². The molecule has 2 bridgehead atoms. The molecule has 3 heterocycles. The summed E-state index contributed by atoms with van der Waals surface area (Å²) in [6.07, 6.45) is 5.57. The second kappa shape index (κ2) is 7.16. The van der Waals surface area contributed by atoms with Gasteiger partial charge in [-0.15, -0.1) is 0 Å². The van der Waals surface area contributed by atoms with Gasteiger partial charge in [-0.2, -0.15) is 0 Å². The smallest absolute Gasteiger partial charge is 0.274 e. The Bertz CT molecular complexity index is 1110. The van der Waals surface area contributed by atoms with E-state index < -0.39 is 34.6 Å². The van der Waals surface area contributed by atoms with E-state index >= 15 is 0 Å². The number of hydrogen-bond acceptors (Lipinski definition) is 4. The lowest BCUT2D eigenvalue weighted by atomic mass is 10.1. The quantitative estimate of drug-likeness (QED) is 0.767. The molecule has 0 saturated heterocycles. The zero-order valence-electron chi connectivity index (χ0n) is 15.2. The minimum Gasteiger partial charge on any atom is -0.503 e. The van der Waals surface area contributed by atoms with Gasteiger partial charge in [-0.1, -0.05) is 18.2 Å². The number of amides is 2. The molecule has 150 valence electrons. The van der Waals surface area contributed by atoms with Crippen molar-refractivity contribution < 1.29 is 23.5 Å². The van der Waals surface area contributed by atoms with Crippen molar-refractivity contribution in [2.24, 2.45) is 0 Å². The molecule has 7 nitrogen and oxygen atoms in total. The molecule has 0 saturated carbocycles. The van der Waals surface area contributed by atoms with Gasteiger partial charge in [0.1, 0.15) is 17.2 Å². The van der Waals surface area contributed by atoms with Gasteiger partial charge >= 0.3 is 0 Å². The molecule has 2 amide bonds. The van der Waals surface area contributed by atoms with E-state index in [2.05, 4.69) is 5.32 Å². The number of halogens is 2. The first-order chi connectivity index (χ1) is 13.9. The van der Waals surface area contributed by atoms with Gasteiger partial charge in [-0.3, -0.25) is 14.4 Å². The first-order valence-corrected chi connectivity index (χ1v) is 9.01. The number of rotatable bonds is 3. The van der Waals surface area contributed by atoms with Crippen LogP contribution in [0.2, 0.25) is 0 Å². The minimum absolute atomic E-state index is 0.0433. The van der Waals surface area contributed by atoms with Crippen molar-refractivity contribution in [2.75, 3.05) is 13.1 Å². The van der Waals surface area contributed by atoms with Gasteiger partial charge < -0.3 is 19.9 Å². The molecular weight excluding hydrogens is 384 g/mol. The van der Waals surface area contributed by atoms with Gasteiger partial charge in [0.2, 0.25) is 5.43 Å². The number of benzene rings is 1. The first-order valence-electron chi connectivity index (χ1n) is 9.01. The molecule has 9 heteroatoms. The normalized spacial score (nSPS) is 17.7. The Kier molecular flexibility index (Phi) is 4.65. The molecule has 1 aromatic carbocycles. The molecule has 2 aliphatic heterocycles. The van der Waals surface area contributed by atoms with Crippen molar-refractivity contribution in [1.29, 1.82) is 0 Å². The van der Waals surface area contributed by atoms with Crippen LogP contribution in [0.15, 0.2) is 41.3 Å². The van der Waals surface area contributed by atoms with E-state index in [4.69, 9.17) is 0 Å². The van der Waals surface area contributed by atoms with E-state index in [0.29, 0.717) is 25.6 Å². The van der Waals surface area contributed by atoms with Crippen LogP contribution in [0, 0.1) is 11.6 Å². The summed E-state index contributed by atoms with van der Waals surface area (Å²) in [5, 5.41) is 12.8. The maximum Gasteiger partial charge on any atom is 0.274 e. The van der Waals surface area contributed by atoms with E-state index in [0.717, 1.165) is 6.07 Å². The second-order valence-electron chi connectivity index (χ2n) is 6.97. The maximum atomic E-state index is 13.7. The number of pyridine rings is 1. The summed E-state index contributed by atoms with van der Waals surface area (Å²) in [5.74, 6) is -3.67. The fourth-order valence-corrected chi connectivity index (χ4v) is 3.59. The Morgan fingerprint density at radius 1 is 1.24 bits per heavy atom. The lowest BCUT2D eigenvalue weighted by Crippen LogP contribution is -2.44. The predicted octanol–water partition coefficient (Wildman–Crippen LogP) is 1.72. The maximum absolute atomic E-state index is 13.7. The van der Waals surface area contributed by atoms with Crippen molar-refractivity contribution in [1.82, 2.24) is 14.8 Å². The fraction of sp³-hybridized carbons (Fsp3) is 0.250. The van der Waals surface area contributed by atoms with E-state index in [-0.39, 0.29) is 29.4 Å². The van der Waals surface area contributed by atoms with E-state index in [1.807, 2.05) is 12.2 Å². The zero-order chi connectivity index (χ0) is 20.7. The Balaban J connectivity index is 1.66. The van der Waals surface area contributed by atoms with E-state index in [1.165, 1.54) is 21.7 Å². The van der Waals surface area contributed by atoms with Gasteiger partial charge in [0.25, 0.3) is 11.8 Å². The van der Waals surface area contributed by atoms with Crippen molar-refractivity contribution in [3.8, 4) is 5.75 Å². The molecular formula is C20H17F2N3O4. The van der Waals surface area contributed by atoms with Gasteiger partial charge in [-0.25, -0.2) is 8.78 Å². The summed E-state index contributed by atoms with van der Waals surface area (Å²) in [7, 11) is 0. The van der Waals surface area contributed by atoms with Gasteiger partial charge in [0.05, 0.1) is 6.04 Å². The standard InChI is InChI=1S/C20H17F2N3O4/c21-12-5-4-11(15(22)7-12)8-23-19(28)14-10-25-13-3-1-2-6-24(9-13)20(29)16(25)18(27)17(14)26/h1-2,4-5,7,10,13,27H,3,6,8-9H2,(H,23,28). The Labute approximate surface area is 163 Å². The summed E-state index contributed by atoms with van der Waals surface area (Å²) in [6, 6.07) is 2.71. The SMILES string of the molecule is O=C(NCc1ccc(F)cc1F)c1cn2c(c(O)c1=O)C(=O)N1CC=CCC2C1. The highest BCUT2D eigenvalue weighted by molar-refractivity contribution is 5.99. The molecule has 1 atom stereocenters. The summed E-state index contributed by atoms with van der Waals surface area (Å²) in [4.78, 5) is 39.2. The summed E-state index contributed by atoms with van der Waals surface area (Å²) in [5.41, 5.74) is -1.43. The molecule has 1 aromatic heterocycles. The molecule has 0 spiro atoms. The van der Waals surface area contributed by atoms with Crippen LogP contribution in [0.1, 0.15) is 38.9 Å². The molecule has 2 aromatic rings. The van der Waals surface area contributed by atoms with Gasteiger partial charge in [0, 0.05) is 37.5 Å². The van der Waals surface area contributed by atoms with Crippen molar-refractivity contribution in [3.63, 3.8) is 0 Å². The number of carbonyl (C=O) groups excluding carboxylic acids is 2. The van der Waals surface area contributed by atoms with Crippen LogP contribution in [0.5, 0.6) is 5.75 Å². The third kappa shape index (κ3) is 3.28. The van der Waals surface area contributed by atoms with Crippen LogP contribution in [0.4, 0.5) is 8.78 Å². The lowest BCUT2D eigenvalue weighted by molar-refractivity contribution is 0.0688. The Hall–Kier alpha value is -3.49. The highest BCUT2D eigenvalue weighted by Gasteiger charge is 2.35. The largest absolute Gasteiger partial charge is 0.503 e. The monoisotopic (exact) mass is 401 g/mol. The molecule has 0 radical (unpaired) electrons. The third-order valence-electron chi connectivity index (χ3n) is 5.12. The van der Waals surface area contributed by atoms with Crippen LogP contribution < -0.4 is 10.7 Å². The molecule has 2 aliphatic rings. The molecule has 0 aliphatic carbocycles. The number of hydrogen-bond donors (Lipinski definition) is 2. The average molecular weight is 401 g/mol. The number of allylic oxidation sites excluding steroid dienone is 1. The summed E-state index contributed by atoms with van der Waals surface area (Å²) >= 11 is 0. The second-order valence-corrected chi connectivity index (χ2v) is 6.97. The third-order valence-corrected chi connectivity index (χ3v) is 5.12. The lowest BCUT2D eigenvalue weighted by Gasteiger charge is -2.34. The van der Waals surface area contributed by atoms with Crippen molar-refractivity contribution in [2.45, 2.75) is 19.0 Å². The van der Waals surface area contributed by atoms with Crippen LogP contribution in [-0.2, 0) is 6.54 Å². The number of nitrogens with one attached hydrogen (secondary N) is 1. The van der Waals surface area contributed by atoms with Crippen molar-refractivity contribution >= 4 is 11.8 Å². The van der Waals surface area contributed by atoms with Crippen molar-refractivity contribution in [3.05, 3.63) is 75.2 Å². The number of carbonyl (C=O) groups is 2. The van der Waals surface area contributed by atoms with Gasteiger partial charge in [0.15, 0.2) is 11.4 Å². The molecule has 2 N–H and O–H groups in total. The summed E-state index contributed by atoms with van der Waals surface area (Å²) < 4.78 is 28.2. The highest BCUT2D eigenvalue weighted by atomic mass is 19.1. The zero-order valence-corrected chi connectivity index (χ0v) is 15.2. The van der Waals surface area contributed by atoms with Gasteiger partial charge in [-0.05, 0) is 12.5 Å². The first kappa shape index (κ1) is 18.9. The Morgan fingerprint density at radius 2 is 2.03 bits per heavy atom. The fourth-order valence-electron chi connectivity index (χ4n) is 3.59. The molecule has 4 rings (SSSR count). The predicted molar refractivity (Wildman–Crippen MR) is 98.6 cm³/mol. The van der Waals surface area contributed by atoms with E-state index in [1.54, 1.807) is 0 Å². The molecule has 1 unspecified atom stereocenters. The van der Waals surface area contributed by atoms with Crippen LogP contribution in [0.25, 0.3) is 0 Å². The topological polar surface area (TPSA) is 91.6 Å².